The minimum atomic E-state index is -0.883. The van der Waals surface area contributed by atoms with Crippen LogP contribution < -0.4 is 21.1 Å². The SMILES string of the molecule is CCCN(CCC)C(=O)Cc1cc(CC(N)=O)cc(CC(=O)N[C@@H](Cc2nccs2)[C@H](O)CNCc2cccc(OC)c2)c1. The van der Waals surface area contributed by atoms with Gasteiger partial charge >= 0.3 is 0 Å². The van der Waals surface area contributed by atoms with Gasteiger partial charge in [-0.15, -0.1) is 11.3 Å². The molecule has 5 N–H and O–H groups in total. The Kier molecular flexibility index (Phi) is 14.3. The Balaban J connectivity index is 1.71. The first kappa shape index (κ1) is 34.7. The van der Waals surface area contributed by atoms with Gasteiger partial charge < -0.3 is 31.1 Å². The molecule has 0 unspecified atom stereocenters. The third-order valence-corrected chi connectivity index (χ3v) is 7.86. The zero-order valence-corrected chi connectivity index (χ0v) is 26.7. The van der Waals surface area contributed by atoms with Gasteiger partial charge in [0.1, 0.15) is 5.75 Å². The number of methoxy groups -OCH3 is 1. The van der Waals surface area contributed by atoms with Gasteiger partial charge in [-0.2, -0.15) is 0 Å². The van der Waals surface area contributed by atoms with Crippen LogP contribution in [0.3, 0.4) is 0 Å². The highest BCUT2D eigenvalue weighted by atomic mass is 32.1. The van der Waals surface area contributed by atoms with Crippen LogP contribution in [0.25, 0.3) is 0 Å². The number of amides is 3. The molecule has 0 aliphatic heterocycles. The molecule has 3 aromatic rings. The summed E-state index contributed by atoms with van der Waals surface area (Å²) in [4.78, 5) is 44.3. The topological polar surface area (TPSA) is 147 Å². The van der Waals surface area contributed by atoms with Crippen molar-refractivity contribution in [3.05, 3.63) is 81.3 Å². The summed E-state index contributed by atoms with van der Waals surface area (Å²) in [7, 11) is 1.62. The van der Waals surface area contributed by atoms with Crippen molar-refractivity contribution >= 4 is 29.1 Å². The fraction of sp³-hybridized carbons (Fsp3) is 0.455. The lowest BCUT2D eigenvalue weighted by Crippen LogP contribution is -2.49. The van der Waals surface area contributed by atoms with Crippen molar-refractivity contribution in [2.45, 2.75) is 71.1 Å². The molecule has 44 heavy (non-hydrogen) atoms. The lowest BCUT2D eigenvalue weighted by atomic mass is 9.98. The lowest BCUT2D eigenvalue weighted by molar-refractivity contribution is -0.130. The molecule has 0 saturated carbocycles. The Morgan fingerprint density at radius 2 is 1.68 bits per heavy atom. The van der Waals surface area contributed by atoms with Gasteiger partial charge in [0.05, 0.1) is 43.5 Å². The quantitative estimate of drug-likeness (QED) is 0.161. The first-order valence-electron chi connectivity index (χ1n) is 15.1. The van der Waals surface area contributed by atoms with Crippen LogP contribution in [0.15, 0.2) is 54.0 Å². The summed E-state index contributed by atoms with van der Waals surface area (Å²) >= 11 is 1.46. The molecule has 0 fully saturated rings. The maximum Gasteiger partial charge on any atom is 0.226 e. The number of thiazole rings is 1. The maximum atomic E-state index is 13.3. The van der Waals surface area contributed by atoms with Gasteiger partial charge in [-0.05, 0) is 47.2 Å². The van der Waals surface area contributed by atoms with Crippen molar-refractivity contribution in [1.29, 1.82) is 0 Å². The summed E-state index contributed by atoms with van der Waals surface area (Å²) in [6.45, 7) is 6.21. The number of nitrogens with one attached hydrogen (secondary N) is 2. The fourth-order valence-electron chi connectivity index (χ4n) is 5.09. The maximum absolute atomic E-state index is 13.3. The average Bonchev–Trinajstić information content (AvgIpc) is 3.49. The third kappa shape index (κ3) is 11.7. The average molecular weight is 624 g/mol. The predicted molar refractivity (Wildman–Crippen MR) is 172 cm³/mol. The Labute approximate surface area is 264 Å². The van der Waals surface area contributed by atoms with E-state index in [1.807, 2.05) is 60.5 Å². The van der Waals surface area contributed by atoms with E-state index < -0.39 is 18.1 Å². The van der Waals surface area contributed by atoms with Gasteiger partial charge in [0.15, 0.2) is 0 Å². The Bertz CT molecular complexity index is 1340. The molecule has 0 aliphatic rings. The molecule has 3 amide bonds. The molecule has 0 radical (unpaired) electrons. The number of aromatic nitrogens is 1. The molecule has 2 aromatic carbocycles. The Morgan fingerprint density at radius 3 is 2.30 bits per heavy atom. The number of hydrogen-bond acceptors (Lipinski definition) is 8. The summed E-state index contributed by atoms with van der Waals surface area (Å²) in [5.41, 5.74) is 8.54. The van der Waals surface area contributed by atoms with Crippen LogP contribution in [0, 0.1) is 0 Å². The molecular weight excluding hydrogens is 578 g/mol. The number of benzene rings is 2. The normalized spacial score (nSPS) is 12.4. The Morgan fingerprint density at radius 1 is 1.00 bits per heavy atom. The standard InChI is InChI=1S/C33H45N5O5S/c1-4-10-38(11-5-2)33(42)19-26-14-24(17-30(34)40)13-25(15-26)18-31(41)37-28(20-32-36-9-12-44-32)29(39)22-35-21-23-7-6-8-27(16-23)43-3/h6-9,12-16,28-29,35,39H,4-5,10-11,17-22H2,1-3H3,(H2,34,40)(H,37,41)/t28-,29+/m0/s1. The molecule has 11 heteroatoms. The summed E-state index contributed by atoms with van der Waals surface area (Å²) < 4.78 is 5.28. The smallest absolute Gasteiger partial charge is 0.226 e. The van der Waals surface area contributed by atoms with Crippen molar-refractivity contribution in [2.24, 2.45) is 5.73 Å². The first-order valence-corrected chi connectivity index (χ1v) is 16.0. The van der Waals surface area contributed by atoms with Crippen molar-refractivity contribution < 1.29 is 24.2 Å². The number of carbonyl (C=O) groups excluding carboxylic acids is 3. The van der Waals surface area contributed by atoms with Gasteiger partial charge in [0.2, 0.25) is 17.7 Å². The molecule has 2 atom stereocenters. The van der Waals surface area contributed by atoms with Gasteiger partial charge in [0, 0.05) is 44.2 Å². The van der Waals surface area contributed by atoms with Crippen molar-refractivity contribution in [3.8, 4) is 5.75 Å². The highest BCUT2D eigenvalue weighted by Crippen LogP contribution is 2.16. The summed E-state index contributed by atoms with van der Waals surface area (Å²) in [6, 6.07) is 12.5. The number of carbonyl (C=O) groups is 3. The number of ether oxygens (including phenoxy) is 1. The molecule has 3 rings (SSSR count). The monoisotopic (exact) mass is 623 g/mol. The van der Waals surface area contributed by atoms with Crippen LogP contribution in [0.4, 0.5) is 0 Å². The van der Waals surface area contributed by atoms with Gasteiger partial charge in [0.25, 0.3) is 0 Å². The van der Waals surface area contributed by atoms with Crippen LogP contribution in [-0.2, 0) is 46.6 Å². The van der Waals surface area contributed by atoms with Gasteiger partial charge in [-0.25, -0.2) is 4.98 Å². The summed E-state index contributed by atoms with van der Waals surface area (Å²) in [6.07, 6.45) is 3.11. The number of aliphatic hydroxyl groups is 1. The van der Waals surface area contributed by atoms with E-state index in [1.54, 1.807) is 19.4 Å². The molecular formula is C33H45N5O5S. The van der Waals surface area contributed by atoms with Crippen LogP contribution in [0.2, 0.25) is 0 Å². The summed E-state index contributed by atoms with van der Waals surface area (Å²) in [5, 5.41) is 20.0. The van der Waals surface area contributed by atoms with E-state index in [-0.39, 0.29) is 37.6 Å². The van der Waals surface area contributed by atoms with Gasteiger partial charge in [-0.1, -0.05) is 44.2 Å². The minimum absolute atomic E-state index is 0.00778. The van der Waals surface area contributed by atoms with E-state index in [2.05, 4.69) is 15.6 Å². The predicted octanol–water partition coefficient (Wildman–Crippen LogP) is 2.79. The second-order valence-corrected chi connectivity index (χ2v) is 11.9. The van der Waals surface area contributed by atoms with E-state index in [9.17, 15) is 19.5 Å². The van der Waals surface area contributed by atoms with E-state index in [0.717, 1.165) is 34.7 Å². The van der Waals surface area contributed by atoms with E-state index in [4.69, 9.17) is 10.5 Å². The van der Waals surface area contributed by atoms with E-state index >= 15 is 0 Å². The zero-order valence-electron chi connectivity index (χ0n) is 25.9. The van der Waals surface area contributed by atoms with Crippen LogP contribution in [0.5, 0.6) is 5.75 Å². The van der Waals surface area contributed by atoms with Crippen LogP contribution in [0.1, 0.15) is 54.0 Å². The highest BCUT2D eigenvalue weighted by molar-refractivity contribution is 7.09. The van der Waals surface area contributed by atoms with Crippen molar-refractivity contribution in [1.82, 2.24) is 20.5 Å². The first-order chi connectivity index (χ1) is 21.2. The number of nitrogens with two attached hydrogens (primary N) is 1. The Hall–Kier alpha value is -3.80. The largest absolute Gasteiger partial charge is 0.497 e. The minimum Gasteiger partial charge on any atom is -0.497 e. The van der Waals surface area contributed by atoms with Crippen molar-refractivity contribution in [3.63, 3.8) is 0 Å². The summed E-state index contributed by atoms with van der Waals surface area (Å²) in [5.74, 6) is -0.0140. The second kappa shape index (κ2) is 18.1. The van der Waals surface area contributed by atoms with Crippen LogP contribution in [-0.4, -0.2) is 71.6 Å². The van der Waals surface area contributed by atoms with Gasteiger partial charge in [-0.3, -0.25) is 14.4 Å². The molecule has 0 saturated heterocycles. The number of primary amides is 1. The number of rotatable bonds is 19. The molecule has 0 aliphatic carbocycles. The zero-order chi connectivity index (χ0) is 31.9. The number of hydrogen-bond donors (Lipinski definition) is 4. The molecule has 238 valence electrons. The van der Waals surface area contributed by atoms with E-state index in [1.165, 1.54) is 11.3 Å². The molecule has 1 heterocycles. The fourth-order valence-corrected chi connectivity index (χ4v) is 5.77. The van der Waals surface area contributed by atoms with Crippen molar-refractivity contribution in [2.75, 3.05) is 26.7 Å². The lowest BCUT2D eigenvalue weighted by Gasteiger charge is -2.24. The number of aliphatic hydroxyl groups excluding tert-OH is 1. The highest BCUT2D eigenvalue weighted by Gasteiger charge is 2.23. The second-order valence-electron chi connectivity index (χ2n) is 10.9. The molecule has 0 spiro atoms. The molecule has 10 nitrogen and oxygen atoms in total. The molecule has 1 aromatic heterocycles. The van der Waals surface area contributed by atoms with Crippen LogP contribution >= 0.6 is 11.3 Å². The van der Waals surface area contributed by atoms with E-state index in [0.29, 0.717) is 37.2 Å². The number of nitrogens with zero attached hydrogens (tertiary/aromatic N) is 2. The third-order valence-electron chi connectivity index (χ3n) is 7.06. The molecule has 0 bridgehead atoms.